The standard InChI is InChI=1S/C11H14O3S/c1-14-6-7-15-8-11(13)9-2-4-10(12)5-3-9/h2-5,12H,6-8H2,1H3. The van der Waals surface area contributed by atoms with E-state index in [0.29, 0.717) is 17.9 Å². The van der Waals surface area contributed by atoms with Crippen LogP contribution in [0.2, 0.25) is 0 Å². The Bertz CT molecular complexity index is 308. The van der Waals surface area contributed by atoms with Crippen molar-refractivity contribution in [1.29, 1.82) is 0 Å². The number of phenolic OH excluding ortho intramolecular Hbond substituents is 1. The number of thioether (sulfide) groups is 1. The van der Waals surface area contributed by atoms with E-state index >= 15 is 0 Å². The van der Waals surface area contributed by atoms with Gasteiger partial charge in [-0.3, -0.25) is 4.79 Å². The molecule has 0 fully saturated rings. The first-order valence-corrected chi connectivity index (χ1v) is 5.78. The van der Waals surface area contributed by atoms with Crippen molar-refractivity contribution in [2.75, 3.05) is 25.2 Å². The lowest BCUT2D eigenvalue weighted by Crippen LogP contribution is -2.04. The van der Waals surface area contributed by atoms with E-state index in [9.17, 15) is 4.79 Å². The Morgan fingerprint density at radius 2 is 2.07 bits per heavy atom. The zero-order valence-electron chi connectivity index (χ0n) is 8.60. The number of ether oxygens (including phenoxy) is 1. The molecule has 0 heterocycles. The highest BCUT2D eigenvalue weighted by Crippen LogP contribution is 2.12. The number of aromatic hydroxyl groups is 1. The van der Waals surface area contributed by atoms with E-state index in [2.05, 4.69) is 0 Å². The van der Waals surface area contributed by atoms with E-state index in [1.165, 1.54) is 12.1 Å². The minimum Gasteiger partial charge on any atom is -0.508 e. The molecule has 1 aromatic rings. The van der Waals surface area contributed by atoms with Gasteiger partial charge in [0.15, 0.2) is 5.78 Å². The van der Waals surface area contributed by atoms with Gasteiger partial charge >= 0.3 is 0 Å². The molecular formula is C11H14O3S. The zero-order chi connectivity index (χ0) is 11.1. The molecule has 82 valence electrons. The van der Waals surface area contributed by atoms with Crippen molar-refractivity contribution in [2.24, 2.45) is 0 Å². The van der Waals surface area contributed by atoms with Crippen LogP contribution in [-0.2, 0) is 4.74 Å². The summed E-state index contributed by atoms with van der Waals surface area (Å²) >= 11 is 1.55. The maximum absolute atomic E-state index is 11.6. The van der Waals surface area contributed by atoms with E-state index in [1.807, 2.05) is 0 Å². The Labute approximate surface area is 93.4 Å². The van der Waals surface area contributed by atoms with E-state index in [0.717, 1.165) is 5.75 Å². The molecule has 0 saturated carbocycles. The lowest BCUT2D eigenvalue weighted by Gasteiger charge is -2.01. The molecule has 0 unspecified atom stereocenters. The molecule has 1 N–H and O–H groups in total. The van der Waals surface area contributed by atoms with Crippen molar-refractivity contribution in [2.45, 2.75) is 0 Å². The van der Waals surface area contributed by atoms with Crippen molar-refractivity contribution < 1.29 is 14.6 Å². The van der Waals surface area contributed by atoms with Gasteiger partial charge in [0.25, 0.3) is 0 Å². The van der Waals surface area contributed by atoms with Crippen molar-refractivity contribution in [3.8, 4) is 5.75 Å². The summed E-state index contributed by atoms with van der Waals surface area (Å²) in [5.41, 5.74) is 0.637. The van der Waals surface area contributed by atoms with Gasteiger partial charge in [0.1, 0.15) is 5.75 Å². The van der Waals surface area contributed by atoms with Gasteiger partial charge in [-0.15, -0.1) is 0 Å². The molecule has 0 atom stereocenters. The molecular weight excluding hydrogens is 212 g/mol. The fourth-order valence-corrected chi connectivity index (χ4v) is 1.82. The van der Waals surface area contributed by atoms with Gasteiger partial charge in [-0.25, -0.2) is 0 Å². The monoisotopic (exact) mass is 226 g/mol. The van der Waals surface area contributed by atoms with Crippen LogP contribution < -0.4 is 0 Å². The van der Waals surface area contributed by atoms with Gasteiger partial charge < -0.3 is 9.84 Å². The maximum atomic E-state index is 11.6. The molecule has 0 aliphatic carbocycles. The second-order valence-corrected chi connectivity index (χ2v) is 4.12. The topological polar surface area (TPSA) is 46.5 Å². The van der Waals surface area contributed by atoms with E-state index in [4.69, 9.17) is 9.84 Å². The average Bonchev–Trinajstić information content (AvgIpc) is 2.25. The quantitative estimate of drug-likeness (QED) is 0.595. The van der Waals surface area contributed by atoms with Gasteiger partial charge in [-0.05, 0) is 24.3 Å². The van der Waals surface area contributed by atoms with Crippen LogP contribution >= 0.6 is 11.8 Å². The third-order valence-corrected chi connectivity index (χ3v) is 2.78. The average molecular weight is 226 g/mol. The molecule has 15 heavy (non-hydrogen) atoms. The summed E-state index contributed by atoms with van der Waals surface area (Å²) < 4.78 is 4.88. The lowest BCUT2D eigenvalue weighted by atomic mass is 10.1. The van der Waals surface area contributed by atoms with Crippen LogP contribution in [0.3, 0.4) is 0 Å². The van der Waals surface area contributed by atoms with Crippen LogP contribution in [0.5, 0.6) is 5.75 Å². The number of carbonyl (C=O) groups excluding carboxylic acids is 1. The Morgan fingerprint density at radius 1 is 1.40 bits per heavy atom. The van der Waals surface area contributed by atoms with Crippen molar-refractivity contribution >= 4 is 17.5 Å². The molecule has 0 aromatic heterocycles. The number of benzene rings is 1. The molecule has 0 saturated heterocycles. The number of phenols is 1. The van der Waals surface area contributed by atoms with E-state index in [-0.39, 0.29) is 11.5 Å². The summed E-state index contributed by atoms with van der Waals surface area (Å²) in [7, 11) is 1.64. The molecule has 0 radical (unpaired) electrons. The highest BCUT2D eigenvalue weighted by atomic mass is 32.2. The smallest absolute Gasteiger partial charge is 0.172 e. The van der Waals surface area contributed by atoms with Gasteiger partial charge in [0, 0.05) is 18.4 Å². The number of Topliss-reactive ketones (excluding diaryl/α,β-unsaturated/α-hetero) is 1. The van der Waals surface area contributed by atoms with Gasteiger partial charge in [0.2, 0.25) is 0 Å². The first-order valence-electron chi connectivity index (χ1n) is 4.63. The summed E-state index contributed by atoms with van der Waals surface area (Å²) in [6, 6.07) is 6.31. The molecule has 0 spiro atoms. The SMILES string of the molecule is COCCSCC(=O)c1ccc(O)cc1. The lowest BCUT2D eigenvalue weighted by molar-refractivity contribution is 0.102. The first kappa shape index (κ1) is 12.1. The number of methoxy groups -OCH3 is 1. The Kier molecular flexibility index (Phi) is 5.21. The number of rotatable bonds is 6. The molecule has 4 heteroatoms. The molecule has 3 nitrogen and oxygen atoms in total. The number of ketones is 1. The molecule has 0 aliphatic heterocycles. The Balaban J connectivity index is 2.37. The number of hydrogen-bond donors (Lipinski definition) is 1. The van der Waals surface area contributed by atoms with Crippen molar-refractivity contribution in [3.63, 3.8) is 0 Å². The minimum absolute atomic E-state index is 0.0797. The summed E-state index contributed by atoms with van der Waals surface area (Å²) in [5, 5.41) is 9.05. The minimum atomic E-state index is 0.0797. The highest BCUT2D eigenvalue weighted by Gasteiger charge is 2.05. The van der Waals surface area contributed by atoms with Crippen molar-refractivity contribution in [3.05, 3.63) is 29.8 Å². The fraction of sp³-hybridized carbons (Fsp3) is 0.364. The highest BCUT2D eigenvalue weighted by molar-refractivity contribution is 8.00. The Hall–Kier alpha value is -1.00. The van der Waals surface area contributed by atoms with E-state index < -0.39 is 0 Å². The predicted molar refractivity (Wildman–Crippen MR) is 61.6 cm³/mol. The fourth-order valence-electron chi connectivity index (χ4n) is 1.04. The van der Waals surface area contributed by atoms with Crippen molar-refractivity contribution in [1.82, 2.24) is 0 Å². The summed E-state index contributed by atoms with van der Waals surface area (Å²) in [4.78, 5) is 11.6. The summed E-state index contributed by atoms with van der Waals surface area (Å²) in [5.74, 6) is 1.53. The number of hydrogen-bond acceptors (Lipinski definition) is 4. The van der Waals surface area contributed by atoms with Gasteiger partial charge in [0.05, 0.1) is 12.4 Å². The molecule has 0 amide bonds. The third-order valence-electron chi connectivity index (χ3n) is 1.85. The predicted octanol–water partition coefficient (Wildman–Crippen LogP) is 1.95. The van der Waals surface area contributed by atoms with Crippen LogP contribution in [0.1, 0.15) is 10.4 Å². The second kappa shape index (κ2) is 6.48. The summed E-state index contributed by atoms with van der Waals surface area (Å²) in [6.07, 6.45) is 0. The normalized spacial score (nSPS) is 10.2. The summed E-state index contributed by atoms with van der Waals surface area (Å²) in [6.45, 7) is 0.660. The van der Waals surface area contributed by atoms with Gasteiger partial charge in [-0.2, -0.15) is 11.8 Å². The molecule has 1 aromatic carbocycles. The van der Waals surface area contributed by atoms with Crippen LogP contribution in [0.4, 0.5) is 0 Å². The maximum Gasteiger partial charge on any atom is 0.172 e. The first-order chi connectivity index (χ1) is 7.24. The van der Waals surface area contributed by atoms with E-state index in [1.54, 1.807) is 31.0 Å². The molecule has 0 aliphatic rings. The third kappa shape index (κ3) is 4.36. The van der Waals surface area contributed by atoms with Crippen LogP contribution in [0.25, 0.3) is 0 Å². The largest absolute Gasteiger partial charge is 0.508 e. The van der Waals surface area contributed by atoms with Crippen LogP contribution in [0, 0.1) is 0 Å². The number of carbonyl (C=O) groups is 1. The zero-order valence-corrected chi connectivity index (χ0v) is 9.42. The molecule has 0 bridgehead atoms. The Morgan fingerprint density at radius 3 is 2.67 bits per heavy atom. The van der Waals surface area contributed by atoms with Crippen LogP contribution in [0.15, 0.2) is 24.3 Å². The van der Waals surface area contributed by atoms with Gasteiger partial charge in [-0.1, -0.05) is 0 Å². The van der Waals surface area contributed by atoms with Crippen LogP contribution in [-0.4, -0.2) is 36.1 Å². The second-order valence-electron chi connectivity index (χ2n) is 3.02. The molecule has 1 rings (SSSR count).